The predicted octanol–water partition coefficient (Wildman–Crippen LogP) is 1.54. The summed E-state index contributed by atoms with van der Waals surface area (Å²) >= 11 is 0. The van der Waals surface area contributed by atoms with Crippen molar-refractivity contribution in [2.75, 3.05) is 6.67 Å². The van der Waals surface area contributed by atoms with Gasteiger partial charge in [-0.15, -0.1) is 0 Å². The van der Waals surface area contributed by atoms with E-state index in [4.69, 9.17) is 0 Å². The topological polar surface area (TPSA) is 92.6 Å². The van der Waals surface area contributed by atoms with Gasteiger partial charge in [-0.3, -0.25) is 29.9 Å². The predicted molar refractivity (Wildman–Crippen MR) is 71.4 cm³/mol. The number of benzene rings is 1. The van der Waals surface area contributed by atoms with Crippen molar-refractivity contribution in [1.29, 1.82) is 0 Å². The zero-order chi connectivity index (χ0) is 15.1. The molecule has 1 aliphatic heterocycles. The van der Waals surface area contributed by atoms with E-state index in [1.54, 1.807) is 0 Å². The van der Waals surface area contributed by atoms with Crippen molar-refractivity contribution in [1.82, 2.24) is 10.2 Å². The molecule has 1 aliphatic rings. The summed E-state index contributed by atoms with van der Waals surface area (Å²) in [5.41, 5.74) is -0.159. The quantitative estimate of drug-likeness (QED) is 0.514. The number of amides is 2. The Kier molecular flexibility index (Phi) is 3.31. The highest BCUT2D eigenvalue weighted by molar-refractivity contribution is 6.21. The normalized spacial score (nSPS) is 14.7. The number of non-ortho nitro benzene ring substituents is 1. The fraction of sp³-hybridized carbons (Fsp3) is 0.385. The molecule has 0 bridgehead atoms. The first-order chi connectivity index (χ1) is 9.20. The first kappa shape index (κ1) is 14.1. The molecule has 0 spiro atoms. The van der Waals surface area contributed by atoms with Crippen molar-refractivity contribution in [3.63, 3.8) is 0 Å². The van der Waals surface area contributed by atoms with Gasteiger partial charge in [0.2, 0.25) is 0 Å². The van der Waals surface area contributed by atoms with Crippen molar-refractivity contribution in [2.24, 2.45) is 0 Å². The Morgan fingerprint density at radius 1 is 1.20 bits per heavy atom. The van der Waals surface area contributed by atoms with Crippen LogP contribution in [0, 0.1) is 10.1 Å². The highest BCUT2D eigenvalue weighted by Gasteiger charge is 2.36. The van der Waals surface area contributed by atoms with Gasteiger partial charge in [0, 0.05) is 17.7 Å². The van der Waals surface area contributed by atoms with E-state index in [1.165, 1.54) is 12.1 Å². The van der Waals surface area contributed by atoms with E-state index >= 15 is 0 Å². The smallest absolute Gasteiger partial charge is 0.270 e. The second-order valence-corrected chi connectivity index (χ2v) is 5.61. The van der Waals surface area contributed by atoms with E-state index in [0.29, 0.717) is 0 Å². The lowest BCUT2D eigenvalue weighted by Crippen LogP contribution is -2.46. The number of nitro benzene ring substituents is 1. The molecular formula is C13H15N3O4. The van der Waals surface area contributed by atoms with Crippen LogP contribution in [0.1, 0.15) is 41.5 Å². The maximum atomic E-state index is 12.1. The number of rotatable bonds is 3. The first-order valence-corrected chi connectivity index (χ1v) is 6.10. The minimum absolute atomic E-state index is 0.0731. The van der Waals surface area contributed by atoms with E-state index in [9.17, 15) is 19.7 Å². The molecule has 0 saturated carbocycles. The van der Waals surface area contributed by atoms with Crippen molar-refractivity contribution in [3.8, 4) is 0 Å². The Labute approximate surface area is 115 Å². The van der Waals surface area contributed by atoms with Gasteiger partial charge >= 0.3 is 0 Å². The summed E-state index contributed by atoms with van der Waals surface area (Å²) in [6, 6.07) is 3.70. The number of nitro groups is 1. The lowest BCUT2D eigenvalue weighted by atomic mass is 10.1. The molecule has 1 aromatic carbocycles. The number of hydrogen-bond acceptors (Lipinski definition) is 5. The summed E-state index contributed by atoms with van der Waals surface area (Å²) in [6.07, 6.45) is 0. The highest BCUT2D eigenvalue weighted by Crippen LogP contribution is 2.26. The Bertz CT molecular complexity index is 604. The van der Waals surface area contributed by atoms with Gasteiger partial charge in [0.15, 0.2) is 0 Å². The van der Waals surface area contributed by atoms with Crippen LogP contribution in [0.15, 0.2) is 18.2 Å². The van der Waals surface area contributed by atoms with Crippen molar-refractivity contribution in [3.05, 3.63) is 39.4 Å². The van der Waals surface area contributed by atoms with Gasteiger partial charge in [0.1, 0.15) is 0 Å². The number of nitrogens with one attached hydrogen (secondary N) is 1. The Balaban J connectivity index is 2.28. The number of hydrogen-bond donors (Lipinski definition) is 1. The maximum Gasteiger partial charge on any atom is 0.270 e. The summed E-state index contributed by atoms with van der Waals surface area (Å²) in [4.78, 5) is 35.4. The minimum Gasteiger partial charge on any atom is -0.295 e. The third-order valence-electron chi connectivity index (χ3n) is 2.93. The van der Waals surface area contributed by atoms with Gasteiger partial charge in [-0.05, 0) is 26.8 Å². The molecule has 7 heteroatoms. The van der Waals surface area contributed by atoms with Crippen LogP contribution in [0.4, 0.5) is 5.69 Å². The van der Waals surface area contributed by atoms with Gasteiger partial charge in [0.25, 0.3) is 17.5 Å². The lowest BCUT2D eigenvalue weighted by molar-refractivity contribution is -0.384. The molecule has 0 aromatic heterocycles. The summed E-state index contributed by atoms with van der Waals surface area (Å²) in [5, 5.41) is 13.8. The van der Waals surface area contributed by atoms with Gasteiger partial charge < -0.3 is 0 Å². The van der Waals surface area contributed by atoms with Crippen molar-refractivity contribution >= 4 is 17.5 Å². The second-order valence-electron chi connectivity index (χ2n) is 5.61. The van der Waals surface area contributed by atoms with Crippen molar-refractivity contribution in [2.45, 2.75) is 26.3 Å². The van der Waals surface area contributed by atoms with Gasteiger partial charge in [-0.2, -0.15) is 0 Å². The average molecular weight is 277 g/mol. The fourth-order valence-electron chi connectivity index (χ4n) is 1.85. The van der Waals surface area contributed by atoms with Crippen LogP contribution in [0.25, 0.3) is 0 Å². The molecule has 20 heavy (non-hydrogen) atoms. The Morgan fingerprint density at radius 3 is 2.35 bits per heavy atom. The minimum atomic E-state index is -0.589. The van der Waals surface area contributed by atoms with Crippen molar-refractivity contribution < 1.29 is 14.5 Å². The van der Waals surface area contributed by atoms with Crippen LogP contribution in [0.3, 0.4) is 0 Å². The van der Waals surface area contributed by atoms with Crippen LogP contribution >= 0.6 is 0 Å². The van der Waals surface area contributed by atoms with Crippen LogP contribution < -0.4 is 5.32 Å². The lowest BCUT2D eigenvalue weighted by Gasteiger charge is -2.24. The third kappa shape index (κ3) is 2.53. The van der Waals surface area contributed by atoms with E-state index < -0.39 is 16.7 Å². The molecule has 0 unspecified atom stereocenters. The molecule has 0 fully saturated rings. The number of nitrogens with zero attached hydrogens (tertiary/aromatic N) is 2. The third-order valence-corrected chi connectivity index (χ3v) is 2.93. The molecule has 1 aromatic rings. The summed E-state index contributed by atoms with van der Waals surface area (Å²) in [7, 11) is 0. The molecule has 7 nitrogen and oxygen atoms in total. The largest absolute Gasteiger partial charge is 0.295 e. The molecule has 106 valence electrons. The standard InChI is InChI=1S/C13H15N3O4/c1-13(2,3)14-7-15-11(17)9-5-4-8(16(19)20)6-10(9)12(15)18/h4-6,14H,7H2,1-3H3. The Morgan fingerprint density at radius 2 is 1.80 bits per heavy atom. The fourth-order valence-corrected chi connectivity index (χ4v) is 1.85. The zero-order valence-corrected chi connectivity index (χ0v) is 11.5. The average Bonchev–Trinajstić information content (AvgIpc) is 2.58. The first-order valence-electron chi connectivity index (χ1n) is 6.10. The van der Waals surface area contributed by atoms with Gasteiger partial charge in [0.05, 0.1) is 22.7 Å². The van der Waals surface area contributed by atoms with Crippen LogP contribution in [-0.2, 0) is 0 Å². The molecule has 1 N–H and O–H groups in total. The molecule has 0 saturated heterocycles. The number of fused-ring (bicyclic) bond motifs is 1. The highest BCUT2D eigenvalue weighted by atomic mass is 16.6. The molecule has 0 aliphatic carbocycles. The molecular weight excluding hydrogens is 262 g/mol. The van der Waals surface area contributed by atoms with Crippen LogP contribution in [0.2, 0.25) is 0 Å². The van der Waals surface area contributed by atoms with E-state index in [1.807, 2.05) is 20.8 Å². The molecule has 0 atom stereocenters. The molecule has 1 heterocycles. The maximum absolute atomic E-state index is 12.1. The van der Waals surface area contributed by atoms with Crippen LogP contribution in [0.5, 0.6) is 0 Å². The molecule has 2 rings (SSSR count). The Hall–Kier alpha value is -2.28. The van der Waals surface area contributed by atoms with Gasteiger partial charge in [-0.25, -0.2) is 0 Å². The SMILES string of the molecule is CC(C)(C)NCN1C(=O)c2ccc([N+](=O)[O-])cc2C1=O. The van der Waals surface area contributed by atoms with E-state index in [0.717, 1.165) is 11.0 Å². The molecule has 2 amide bonds. The summed E-state index contributed by atoms with van der Waals surface area (Å²) in [6.45, 7) is 5.81. The number of carbonyl (C=O) groups excluding carboxylic acids is 2. The molecule has 0 radical (unpaired) electrons. The zero-order valence-electron chi connectivity index (χ0n) is 11.5. The van der Waals surface area contributed by atoms with Crippen LogP contribution in [-0.4, -0.2) is 33.8 Å². The number of carbonyl (C=O) groups is 2. The second kappa shape index (κ2) is 4.68. The number of imide groups is 1. The monoisotopic (exact) mass is 277 g/mol. The van der Waals surface area contributed by atoms with Gasteiger partial charge in [-0.1, -0.05) is 0 Å². The summed E-state index contributed by atoms with van der Waals surface area (Å²) in [5.74, 6) is -0.943. The van der Waals surface area contributed by atoms with E-state index in [-0.39, 0.29) is 29.0 Å². The van der Waals surface area contributed by atoms with E-state index in [2.05, 4.69) is 5.32 Å². The summed E-state index contributed by atoms with van der Waals surface area (Å²) < 4.78 is 0.